The molecule has 0 bridgehead atoms. The van der Waals surface area contributed by atoms with Gasteiger partial charge in [0, 0.05) is 49.1 Å². The predicted octanol–water partition coefficient (Wildman–Crippen LogP) is 3.10. The maximum atomic E-state index is 5.97. The van der Waals surface area contributed by atoms with Crippen LogP contribution in [0.5, 0.6) is 0 Å². The molecule has 4 heterocycles. The molecule has 0 spiro atoms. The first-order chi connectivity index (χ1) is 11.2. The van der Waals surface area contributed by atoms with E-state index in [1.54, 1.807) is 6.07 Å². The molecule has 3 aromatic rings. The van der Waals surface area contributed by atoms with Crippen LogP contribution in [0.15, 0.2) is 36.8 Å². The van der Waals surface area contributed by atoms with Gasteiger partial charge in [-0.1, -0.05) is 18.5 Å². The lowest BCUT2D eigenvalue weighted by molar-refractivity contribution is 0.0917. The summed E-state index contributed by atoms with van der Waals surface area (Å²) in [5.74, 6) is 0.706. The molecular weight excluding hydrogens is 310 g/mol. The van der Waals surface area contributed by atoms with E-state index in [1.807, 2.05) is 29.2 Å². The molecule has 118 valence electrons. The van der Waals surface area contributed by atoms with Gasteiger partial charge in [-0.05, 0) is 24.7 Å². The van der Waals surface area contributed by atoms with Crippen LogP contribution in [-0.4, -0.2) is 44.3 Å². The number of likely N-dealkylation sites (tertiary alicyclic amines) is 1. The van der Waals surface area contributed by atoms with Gasteiger partial charge in [-0.15, -0.1) is 0 Å². The quantitative estimate of drug-likeness (QED) is 0.691. The van der Waals surface area contributed by atoms with Crippen molar-refractivity contribution in [3.8, 4) is 11.1 Å². The molecule has 4 rings (SSSR count). The third-order valence-corrected chi connectivity index (χ3v) is 4.61. The zero-order valence-corrected chi connectivity index (χ0v) is 13.7. The van der Waals surface area contributed by atoms with Crippen LogP contribution in [0, 0.1) is 5.92 Å². The smallest absolute Gasteiger partial charge is 0.129 e. The Hall–Kier alpha value is -1.98. The topological polar surface area (TPSA) is 46.8 Å². The second-order valence-corrected chi connectivity index (χ2v) is 6.45. The number of halogens is 1. The van der Waals surface area contributed by atoms with E-state index in [9.17, 15) is 0 Å². The molecule has 0 atom stereocenters. The van der Waals surface area contributed by atoms with Gasteiger partial charge in [0.05, 0.1) is 17.2 Å². The lowest BCUT2D eigenvalue weighted by atomic mass is 10.0. The number of aromatic nitrogens is 4. The van der Waals surface area contributed by atoms with Crippen molar-refractivity contribution in [3.05, 3.63) is 41.9 Å². The van der Waals surface area contributed by atoms with E-state index in [0.717, 1.165) is 35.2 Å². The average Bonchev–Trinajstić information content (AvgIpc) is 2.98. The van der Waals surface area contributed by atoms with Crippen molar-refractivity contribution in [2.24, 2.45) is 5.92 Å². The summed E-state index contributed by atoms with van der Waals surface area (Å²) >= 11 is 5.97. The molecule has 1 saturated heterocycles. The first-order valence-corrected chi connectivity index (χ1v) is 8.26. The van der Waals surface area contributed by atoms with Gasteiger partial charge in [-0.3, -0.25) is 9.67 Å². The Morgan fingerprint density at radius 3 is 2.87 bits per heavy atom. The van der Waals surface area contributed by atoms with Crippen LogP contribution < -0.4 is 0 Å². The molecule has 0 amide bonds. The van der Waals surface area contributed by atoms with E-state index in [2.05, 4.69) is 33.1 Å². The SMILES string of the molecule is CCN1CC(Cn2cc(-c3cnc4ccc(Cl)nc4c3)cn2)C1. The summed E-state index contributed by atoms with van der Waals surface area (Å²) in [6, 6.07) is 5.65. The second kappa shape index (κ2) is 5.91. The number of rotatable bonds is 4. The zero-order chi connectivity index (χ0) is 15.8. The van der Waals surface area contributed by atoms with Gasteiger partial charge in [-0.2, -0.15) is 5.10 Å². The average molecular weight is 328 g/mol. The predicted molar refractivity (Wildman–Crippen MR) is 91.4 cm³/mol. The van der Waals surface area contributed by atoms with Crippen LogP contribution in [0.2, 0.25) is 5.15 Å². The molecule has 0 N–H and O–H groups in total. The van der Waals surface area contributed by atoms with E-state index in [0.29, 0.717) is 11.1 Å². The number of hydrogen-bond acceptors (Lipinski definition) is 4. The third kappa shape index (κ3) is 2.94. The molecule has 6 heteroatoms. The molecular formula is C17H18ClN5. The summed E-state index contributed by atoms with van der Waals surface area (Å²) in [5, 5.41) is 4.97. The Kier molecular flexibility index (Phi) is 3.75. The highest BCUT2D eigenvalue weighted by atomic mass is 35.5. The molecule has 5 nitrogen and oxygen atoms in total. The molecule has 0 saturated carbocycles. The fraction of sp³-hybridized carbons (Fsp3) is 0.353. The minimum absolute atomic E-state index is 0.484. The van der Waals surface area contributed by atoms with Gasteiger partial charge in [0.2, 0.25) is 0 Å². The zero-order valence-electron chi connectivity index (χ0n) is 13.0. The third-order valence-electron chi connectivity index (χ3n) is 4.40. The van der Waals surface area contributed by atoms with Crippen molar-refractivity contribution in [1.82, 2.24) is 24.6 Å². The van der Waals surface area contributed by atoms with Crippen LogP contribution in [0.3, 0.4) is 0 Å². The number of hydrogen-bond donors (Lipinski definition) is 0. The van der Waals surface area contributed by atoms with E-state index < -0.39 is 0 Å². The summed E-state index contributed by atoms with van der Waals surface area (Å²) in [6.07, 6.45) is 5.84. The number of fused-ring (bicyclic) bond motifs is 1. The Morgan fingerprint density at radius 1 is 1.17 bits per heavy atom. The molecule has 1 aliphatic heterocycles. The minimum Gasteiger partial charge on any atom is -0.303 e. The molecule has 0 radical (unpaired) electrons. The van der Waals surface area contributed by atoms with Crippen molar-refractivity contribution < 1.29 is 0 Å². The highest BCUT2D eigenvalue weighted by molar-refractivity contribution is 6.29. The molecule has 3 aromatic heterocycles. The van der Waals surface area contributed by atoms with E-state index in [4.69, 9.17) is 11.6 Å². The van der Waals surface area contributed by atoms with Gasteiger partial charge >= 0.3 is 0 Å². The lowest BCUT2D eigenvalue weighted by Gasteiger charge is -2.38. The second-order valence-electron chi connectivity index (χ2n) is 6.07. The normalized spacial score (nSPS) is 15.9. The highest BCUT2D eigenvalue weighted by Gasteiger charge is 2.25. The van der Waals surface area contributed by atoms with Crippen molar-refractivity contribution in [3.63, 3.8) is 0 Å². The summed E-state index contributed by atoms with van der Waals surface area (Å²) < 4.78 is 2.03. The monoisotopic (exact) mass is 327 g/mol. The van der Waals surface area contributed by atoms with Crippen LogP contribution in [-0.2, 0) is 6.54 Å². The molecule has 1 aliphatic rings. The number of nitrogens with zero attached hydrogens (tertiary/aromatic N) is 5. The van der Waals surface area contributed by atoms with Gasteiger partial charge in [0.15, 0.2) is 0 Å². The van der Waals surface area contributed by atoms with Crippen molar-refractivity contribution in [2.45, 2.75) is 13.5 Å². The van der Waals surface area contributed by atoms with E-state index in [-0.39, 0.29) is 0 Å². The molecule has 0 unspecified atom stereocenters. The van der Waals surface area contributed by atoms with Crippen LogP contribution >= 0.6 is 11.6 Å². The first kappa shape index (κ1) is 14.6. The van der Waals surface area contributed by atoms with Crippen LogP contribution in [0.25, 0.3) is 22.2 Å². The van der Waals surface area contributed by atoms with Crippen LogP contribution in [0.1, 0.15) is 6.92 Å². The van der Waals surface area contributed by atoms with Gasteiger partial charge in [0.25, 0.3) is 0 Å². The van der Waals surface area contributed by atoms with E-state index >= 15 is 0 Å². The first-order valence-electron chi connectivity index (χ1n) is 7.89. The fourth-order valence-corrected chi connectivity index (χ4v) is 3.22. The Labute approximate surface area is 139 Å². The van der Waals surface area contributed by atoms with Crippen molar-refractivity contribution in [1.29, 1.82) is 0 Å². The van der Waals surface area contributed by atoms with Crippen molar-refractivity contribution in [2.75, 3.05) is 19.6 Å². The van der Waals surface area contributed by atoms with Gasteiger partial charge in [-0.25, -0.2) is 4.98 Å². The van der Waals surface area contributed by atoms with E-state index in [1.165, 1.54) is 13.1 Å². The largest absolute Gasteiger partial charge is 0.303 e. The highest BCUT2D eigenvalue weighted by Crippen LogP contribution is 2.23. The van der Waals surface area contributed by atoms with Crippen molar-refractivity contribution >= 4 is 22.6 Å². The Morgan fingerprint density at radius 2 is 2.04 bits per heavy atom. The Bertz CT molecular complexity index is 838. The minimum atomic E-state index is 0.484. The van der Waals surface area contributed by atoms with Crippen LogP contribution in [0.4, 0.5) is 0 Å². The standard InChI is InChI=1S/C17H18ClN5/c1-2-22-8-12(9-22)10-23-11-14(7-20-23)13-5-16-15(19-6-13)3-4-17(18)21-16/h3-7,11-12H,2,8-10H2,1H3. The number of pyridine rings is 2. The summed E-state index contributed by atoms with van der Waals surface area (Å²) in [7, 11) is 0. The van der Waals surface area contributed by atoms with Gasteiger partial charge in [0.1, 0.15) is 5.15 Å². The molecule has 23 heavy (non-hydrogen) atoms. The maximum Gasteiger partial charge on any atom is 0.129 e. The van der Waals surface area contributed by atoms with Gasteiger partial charge < -0.3 is 4.90 Å². The Balaban J connectivity index is 1.54. The summed E-state index contributed by atoms with van der Waals surface area (Å²) in [5.41, 5.74) is 3.73. The summed E-state index contributed by atoms with van der Waals surface area (Å²) in [4.78, 5) is 11.2. The lowest BCUT2D eigenvalue weighted by Crippen LogP contribution is -2.48. The summed E-state index contributed by atoms with van der Waals surface area (Å²) in [6.45, 7) is 6.66. The molecule has 0 aliphatic carbocycles. The fourth-order valence-electron chi connectivity index (χ4n) is 3.07. The molecule has 1 fully saturated rings. The maximum absolute atomic E-state index is 5.97. The molecule has 0 aromatic carbocycles.